The molecule has 0 aliphatic carbocycles. The minimum atomic E-state index is -1.36. The van der Waals surface area contributed by atoms with Crippen molar-refractivity contribution in [1.29, 1.82) is 0 Å². The zero-order chi connectivity index (χ0) is 17.3. The van der Waals surface area contributed by atoms with Crippen molar-refractivity contribution < 1.29 is 23.1 Å². The molecule has 0 saturated carbocycles. The third-order valence-electron chi connectivity index (χ3n) is 3.28. The number of oxazole rings is 1. The number of hydrogen-bond donors (Lipinski definition) is 0. The summed E-state index contributed by atoms with van der Waals surface area (Å²) >= 11 is 5.65. The predicted molar refractivity (Wildman–Crippen MR) is 81.0 cm³/mol. The van der Waals surface area contributed by atoms with E-state index in [9.17, 15) is 18.7 Å². The minimum absolute atomic E-state index is 0.0709. The highest BCUT2D eigenvalue weighted by molar-refractivity contribution is 6.30. The van der Waals surface area contributed by atoms with E-state index in [4.69, 9.17) is 16.0 Å². The molecule has 0 spiro atoms. The van der Waals surface area contributed by atoms with Crippen molar-refractivity contribution >= 4 is 17.6 Å². The smallest absolute Gasteiger partial charge is 0.227 e. The average molecular weight is 349 g/mol. The van der Waals surface area contributed by atoms with Crippen molar-refractivity contribution in [3.05, 3.63) is 64.8 Å². The predicted octanol–water partition coefficient (Wildman–Crippen LogP) is 3.23. The Morgan fingerprint density at radius 3 is 2.42 bits per heavy atom. The Morgan fingerprint density at radius 2 is 1.79 bits per heavy atom. The van der Waals surface area contributed by atoms with Crippen LogP contribution in [0.4, 0.5) is 8.78 Å². The van der Waals surface area contributed by atoms with Gasteiger partial charge in [0.1, 0.15) is 11.6 Å². The summed E-state index contributed by atoms with van der Waals surface area (Å²) < 4.78 is 32.3. The van der Waals surface area contributed by atoms with Gasteiger partial charge >= 0.3 is 0 Å². The molecule has 0 aliphatic rings. The second-order valence-electron chi connectivity index (χ2n) is 4.98. The summed E-state index contributed by atoms with van der Waals surface area (Å²) in [6.07, 6.45) is -0.510. The number of benzene rings is 2. The van der Waals surface area contributed by atoms with Crippen LogP contribution in [0.1, 0.15) is 5.69 Å². The number of nitrogens with zero attached hydrogens (tertiary/aromatic N) is 1. The highest BCUT2D eigenvalue weighted by atomic mass is 35.5. The highest BCUT2D eigenvalue weighted by Gasteiger charge is 2.18. The van der Waals surface area contributed by atoms with E-state index >= 15 is 0 Å². The van der Waals surface area contributed by atoms with Crippen molar-refractivity contribution in [3.63, 3.8) is 0 Å². The zero-order valence-electron chi connectivity index (χ0n) is 12.1. The lowest BCUT2D eigenvalue weighted by molar-refractivity contribution is -0.304. The molecule has 0 radical (unpaired) electrons. The average Bonchev–Trinajstić information content (AvgIpc) is 2.94. The van der Waals surface area contributed by atoms with Crippen LogP contribution in [0.5, 0.6) is 0 Å². The molecule has 1 aromatic heterocycles. The van der Waals surface area contributed by atoms with E-state index < -0.39 is 24.0 Å². The van der Waals surface area contributed by atoms with Gasteiger partial charge in [0.2, 0.25) is 5.89 Å². The molecule has 0 unspecified atom stereocenters. The normalized spacial score (nSPS) is 10.8. The lowest BCUT2D eigenvalue weighted by Gasteiger charge is -2.03. The van der Waals surface area contributed by atoms with Gasteiger partial charge in [0.05, 0.1) is 10.7 Å². The van der Waals surface area contributed by atoms with Gasteiger partial charge in [-0.25, -0.2) is 13.8 Å². The molecule has 4 nitrogen and oxygen atoms in total. The Labute approximate surface area is 140 Å². The number of hydrogen-bond acceptors (Lipinski definition) is 4. The van der Waals surface area contributed by atoms with Crippen molar-refractivity contribution in [2.24, 2.45) is 0 Å². The van der Waals surface area contributed by atoms with E-state index in [2.05, 4.69) is 4.98 Å². The molecule has 0 saturated heterocycles. The van der Waals surface area contributed by atoms with Crippen LogP contribution in [0.2, 0.25) is 5.02 Å². The summed E-state index contributed by atoms with van der Waals surface area (Å²) in [6.45, 7) is 0. The summed E-state index contributed by atoms with van der Waals surface area (Å²) in [4.78, 5) is 15.0. The van der Waals surface area contributed by atoms with Gasteiger partial charge in [0.25, 0.3) is 0 Å². The Bertz CT molecular complexity index is 907. The number of carboxylic acids is 1. The van der Waals surface area contributed by atoms with Gasteiger partial charge < -0.3 is 14.3 Å². The van der Waals surface area contributed by atoms with Gasteiger partial charge in [-0.05, 0) is 42.5 Å². The molecule has 0 aliphatic heterocycles. The highest BCUT2D eigenvalue weighted by Crippen LogP contribution is 2.32. The van der Waals surface area contributed by atoms with Gasteiger partial charge in [0, 0.05) is 23.5 Å². The van der Waals surface area contributed by atoms with Crippen molar-refractivity contribution in [3.8, 4) is 22.8 Å². The van der Waals surface area contributed by atoms with Crippen LogP contribution in [-0.2, 0) is 11.2 Å². The van der Waals surface area contributed by atoms with Crippen LogP contribution in [0.3, 0.4) is 0 Å². The van der Waals surface area contributed by atoms with E-state index in [-0.39, 0.29) is 27.9 Å². The number of aliphatic carboxylic acids is 1. The summed E-state index contributed by atoms with van der Waals surface area (Å²) in [5.74, 6) is -2.27. The molecule has 24 heavy (non-hydrogen) atoms. The molecular weight excluding hydrogens is 340 g/mol. The van der Waals surface area contributed by atoms with Gasteiger partial charge in [-0.2, -0.15) is 0 Å². The molecule has 0 amide bonds. The molecule has 122 valence electrons. The Kier molecular flexibility index (Phi) is 4.31. The van der Waals surface area contributed by atoms with Crippen LogP contribution in [-0.4, -0.2) is 11.0 Å². The standard InChI is InChI=1S/C17H10ClF2NO3/c18-12-6-3-10(7-13(12)20)16-14(8-15(22)23)21-17(24-16)9-1-4-11(19)5-2-9/h1-7H,8H2,(H,22,23)/p-1. The topological polar surface area (TPSA) is 66.2 Å². The van der Waals surface area contributed by atoms with Crippen LogP contribution in [0.15, 0.2) is 46.9 Å². The Morgan fingerprint density at radius 1 is 1.12 bits per heavy atom. The second kappa shape index (κ2) is 6.41. The summed E-state index contributed by atoms with van der Waals surface area (Å²) in [5, 5.41) is 10.9. The molecule has 0 bridgehead atoms. The SMILES string of the molecule is O=C([O-])Cc1nc(-c2ccc(F)cc2)oc1-c1ccc(Cl)c(F)c1. The molecular formula is C17H9ClF2NO3-. The van der Waals surface area contributed by atoms with Gasteiger partial charge in [-0.1, -0.05) is 11.6 Å². The fraction of sp³-hybridized carbons (Fsp3) is 0.0588. The molecule has 3 rings (SSSR count). The molecule has 0 atom stereocenters. The first-order valence-corrected chi connectivity index (χ1v) is 7.23. The molecule has 0 fully saturated rings. The fourth-order valence-corrected chi connectivity index (χ4v) is 2.30. The van der Waals surface area contributed by atoms with Gasteiger partial charge in [0.15, 0.2) is 5.76 Å². The minimum Gasteiger partial charge on any atom is -0.550 e. The number of carboxylic acid groups (broad SMARTS) is 1. The number of rotatable bonds is 4. The van der Waals surface area contributed by atoms with Crippen LogP contribution >= 0.6 is 11.6 Å². The third-order valence-corrected chi connectivity index (χ3v) is 3.59. The Balaban J connectivity index is 2.11. The van der Waals surface area contributed by atoms with Crippen molar-refractivity contribution in [2.75, 3.05) is 0 Å². The van der Waals surface area contributed by atoms with Crippen LogP contribution in [0.25, 0.3) is 22.8 Å². The maximum Gasteiger partial charge on any atom is 0.227 e. The summed E-state index contributed by atoms with van der Waals surface area (Å²) in [5.41, 5.74) is 0.821. The first-order chi connectivity index (χ1) is 11.4. The van der Waals surface area contributed by atoms with E-state index in [1.165, 1.54) is 36.4 Å². The zero-order valence-corrected chi connectivity index (χ0v) is 12.8. The van der Waals surface area contributed by atoms with Crippen molar-refractivity contribution in [2.45, 2.75) is 6.42 Å². The Hall–Kier alpha value is -2.73. The molecule has 3 aromatic rings. The maximum atomic E-state index is 13.7. The van der Waals surface area contributed by atoms with Crippen molar-refractivity contribution in [1.82, 2.24) is 4.98 Å². The lowest BCUT2D eigenvalue weighted by atomic mass is 10.1. The maximum absolute atomic E-state index is 13.7. The quantitative estimate of drug-likeness (QED) is 0.726. The van der Waals surface area contributed by atoms with E-state index in [0.29, 0.717) is 5.56 Å². The van der Waals surface area contributed by atoms with Gasteiger partial charge in [-0.3, -0.25) is 0 Å². The van der Waals surface area contributed by atoms with Crippen LogP contribution in [0, 0.1) is 11.6 Å². The second-order valence-corrected chi connectivity index (χ2v) is 5.39. The molecule has 1 heterocycles. The monoisotopic (exact) mass is 348 g/mol. The summed E-state index contributed by atoms with van der Waals surface area (Å²) in [7, 11) is 0. The molecule has 2 aromatic carbocycles. The first kappa shape index (κ1) is 16.1. The largest absolute Gasteiger partial charge is 0.550 e. The number of halogens is 3. The summed E-state index contributed by atoms with van der Waals surface area (Å²) in [6, 6.07) is 9.26. The number of aromatic nitrogens is 1. The van der Waals surface area contributed by atoms with E-state index in [1.54, 1.807) is 0 Å². The van der Waals surface area contributed by atoms with E-state index in [1.807, 2.05) is 0 Å². The third kappa shape index (κ3) is 3.28. The first-order valence-electron chi connectivity index (χ1n) is 6.85. The number of carbonyl (C=O) groups is 1. The lowest BCUT2D eigenvalue weighted by Crippen LogP contribution is -2.24. The molecule has 7 heteroatoms. The van der Waals surface area contributed by atoms with Gasteiger partial charge in [-0.15, -0.1) is 0 Å². The van der Waals surface area contributed by atoms with E-state index in [0.717, 1.165) is 6.07 Å². The van der Waals surface area contributed by atoms with Crippen LogP contribution < -0.4 is 5.11 Å². The number of carbonyl (C=O) groups excluding carboxylic acids is 1. The molecule has 0 N–H and O–H groups in total. The fourth-order valence-electron chi connectivity index (χ4n) is 2.19.